The first-order valence-electron chi connectivity index (χ1n) is 22.4. The van der Waals surface area contributed by atoms with Crippen LogP contribution < -0.4 is 23.7 Å². The molecule has 0 amide bonds. The summed E-state index contributed by atoms with van der Waals surface area (Å²) in [7, 11) is 3.71. The Hall–Kier alpha value is -5.44. The summed E-state index contributed by atoms with van der Waals surface area (Å²) < 4.78 is 62.3. The standard InChI is InChI=1S/C49H53Cl2FN6O10S/c1-29-40-30(2)44(51)45(43(29)50)67-36(25-58-13-11-57(3)12-14-58)27-65-35-9-10-37(66-26-34-23-53-24-39(56-34)64-20-19-63-18-17-62-16-15-61-4)32(21-35)22-38(49(59)60)68-47-42-41(40)46(69-48(42)55-28-54-47)31-5-7-33(52)8-6-31/h5-10,21,23-24,28,36,38H,11-20,22,25-27H2,1-4H3,(H,59,60)/t36-,38-/m1/s1. The number of rotatable bonds is 17. The average Bonchev–Trinajstić information content (AvgIpc) is 3.73. The SMILES string of the molecule is COCCOCCOCCOc1cncc(COc2ccc3cc2C[C@H](C(=O)O)Oc2ncnc4sc(-c5ccc(F)cc5)c(c24)-c2c(C)c(Cl)c(c(Cl)c2C)O[C@H](CN2CCN(C)CC2)CO3)n1. The van der Waals surface area contributed by atoms with Crippen molar-refractivity contribution in [1.29, 1.82) is 0 Å². The van der Waals surface area contributed by atoms with E-state index in [-0.39, 0.29) is 48.0 Å². The molecule has 16 nitrogen and oxygen atoms in total. The summed E-state index contributed by atoms with van der Waals surface area (Å²) in [6.45, 7) is 10.2. The minimum absolute atomic E-state index is 0.0118. The molecule has 3 aromatic heterocycles. The molecule has 0 saturated carbocycles. The number of aromatic nitrogens is 4. The van der Waals surface area contributed by atoms with Crippen molar-refractivity contribution >= 4 is 50.7 Å². The van der Waals surface area contributed by atoms with Crippen LogP contribution in [-0.2, 0) is 32.0 Å². The van der Waals surface area contributed by atoms with Crippen LogP contribution in [0.25, 0.3) is 31.8 Å². The number of ether oxygens (including phenoxy) is 8. The predicted molar refractivity (Wildman–Crippen MR) is 259 cm³/mol. The maximum Gasteiger partial charge on any atom is 0.345 e. The van der Waals surface area contributed by atoms with Crippen LogP contribution >= 0.6 is 34.5 Å². The fourth-order valence-corrected chi connectivity index (χ4v) is 9.72. The Morgan fingerprint density at radius 3 is 2.35 bits per heavy atom. The largest absolute Gasteiger partial charge is 0.490 e. The molecule has 0 unspecified atom stereocenters. The molecule has 0 aliphatic carbocycles. The number of thiophene rings is 1. The molecule has 3 aromatic carbocycles. The summed E-state index contributed by atoms with van der Waals surface area (Å²) in [6.07, 6.45) is 2.17. The number of aliphatic carboxylic acids is 1. The van der Waals surface area contributed by atoms with E-state index in [0.29, 0.717) is 111 Å². The van der Waals surface area contributed by atoms with Gasteiger partial charge in [-0.05, 0) is 73.5 Å². The van der Waals surface area contributed by atoms with Gasteiger partial charge >= 0.3 is 5.97 Å². The molecule has 1 fully saturated rings. The summed E-state index contributed by atoms with van der Waals surface area (Å²) in [5.41, 5.74) is 4.15. The number of hydrogen-bond donors (Lipinski definition) is 1. The normalized spacial score (nSPS) is 16.7. The molecule has 366 valence electrons. The minimum atomic E-state index is -1.49. The number of benzene rings is 3. The molecule has 0 radical (unpaired) electrons. The van der Waals surface area contributed by atoms with Crippen LogP contribution in [0.3, 0.4) is 0 Å². The maximum atomic E-state index is 14.4. The fourth-order valence-electron chi connectivity index (χ4n) is 8.06. The predicted octanol–water partition coefficient (Wildman–Crippen LogP) is 7.98. The van der Waals surface area contributed by atoms with E-state index >= 15 is 0 Å². The van der Waals surface area contributed by atoms with E-state index in [4.69, 9.17) is 61.1 Å². The highest BCUT2D eigenvalue weighted by Crippen LogP contribution is 2.53. The van der Waals surface area contributed by atoms with E-state index in [1.807, 2.05) is 13.8 Å². The van der Waals surface area contributed by atoms with E-state index in [0.717, 1.165) is 26.2 Å². The fraction of sp³-hybridized carbons (Fsp3) is 0.408. The lowest BCUT2D eigenvalue weighted by atomic mass is 9.92. The monoisotopic (exact) mass is 1010 g/mol. The Bertz CT molecular complexity index is 2700. The molecule has 1 saturated heterocycles. The number of likely N-dealkylation sites (N-methyl/N-ethyl adjacent to an activating group) is 1. The Labute approximate surface area is 413 Å². The molecule has 3 aliphatic rings. The number of piperazine rings is 1. The number of methoxy groups -OCH3 is 1. The summed E-state index contributed by atoms with van der Waals surface area (Å²) in [6, 6.07) is 11.3. The molecule has 0 spiro atoms. The van der Waals surface area contributed by atoms with Gasteiger partial charge in [0, 0.05) is 62.3 Å². The molecule has 9 rings (SSSR count). The van der Waals surface area contributed by atoms with Crippen LogP contribution in [0.5, 0.6) is 29.0 Å². The van der Waals surface area contributed by atoms with E-state index in [2.05, 4.69) is 36.8 Å². The van der Waals surface area contributed by atoms with Gasteiger partial charge in [0.25, 0.3) is 0 Å². The first kappa shape index (κ1) is 50.0. The molecule has 20 heteroatoms. The molecular formula is C49H53Cl2FN6O10S. The zero-order chi connectivity index (χ0) is 48.4. The van der Waals surface area contributed by atoms with Gasteiger partial charge in [0.2, 0.25) is 17.9 Å². The number of nitrogens with zero attached hydrogens (tertiary/aromatic N) is 6. The van der Waals surface area contributed by atoms with Gasteiger partial charge in [0.05, 0.1) is 60.9 Å². The van der Waals surface area contributed by atoms with Crippen molar-refractivity contribution < 1.29 is 52.2 Å². The van der Waals surface area contributed by atoms with Gasteiger partial charge in [-0.2, -0.15) is 0 Å². The van der Waals surface area contributed by atoms with Gasteiger partial charge in [0.1, 0.15) is 60.1 Å². The van der Waals surface area contributed by atoms with Crippen LogP contribution in [0.4, 0.5) is 4.39 Å². The molecule has 6 aromatic rings. The van der Waals surface area contributed by atoms with Crippen LogP contribution in [0, 0.1) is 19.7 Å². The minimum Gasteiger partial charge on any atom is -0.490 e. The van der Waals surface area contributed by atoms with Crippen LogP contribution in [0.2, 0.25) is 10.0 Å². The number of fused-ring (bicyclic) bond motifs is 7. The summed E-state index contributed by atoms with van der Waals surface area (Å²) in [4.78, 5) is 37.1. The lowest BCUT2D eigenvalue weighted by molar-refractivity contribution is -0.145. The number of halogens is 3. The second-order valence-electron chi connectivity index (χ2n) is 16.5. The second-order valence-corrected chi connectivity index (χ2v) is 18.3. The molecule has 69 heavy (non-hydrogen) atoms. The third-order valence-electron chi connectivity index (χ3n) is 11.7. The maximum absolute atomic E-state index is 14.4. The molecule has 6 heterocycles. The molecule has 2 atom stereocenters. The highest BCUT2D eigenvalue weighted by Gasteiger charge is 2.32. The smallest absolute Gasteiger partial charge is 0.345 e. The first-order valence-corrected chi connectivity index (χ1v) is 24.0. The van der Waals surface area contributed by atoms with Gasteiger partial charge in [0.15, 0.2) is 5.75 Å². The third kappa shape index (κ3) is 12.3. The lowest BCUT2D eigenvalue weighted by Crippen LogP contribution is -2.49. The quantitative estimate of drug-likeness (QED) is 0.0873. The zero-order valence-corrected chi connectivity index (χ0v) is 41.0. The zero-order valence-electron chi connectivity index (χ0n) is 38.7. The van der Waals surface area contributed by atoms with Gasteiger partial charge in [-0.25, -0.2) is 24.1 Å². The molecule has 3 aliphatic heterocycles. The van der Waals surface area contributed by atoms with E-state index in [1.165, 1.54) is 36.0 Å². The van der Waals surface area contributed by atoms with E-state index in [1.54, 1.807) is 43.6 Å². The van der Waals surface area contributed by atoms with E-state index < -0.39 is 24.0 Å². The van der Waals surface area contributed by atoms with Gasteiger partial charge in [-0.15, -0.1) is 11.3 Å². The second kappa shape index (κ2) is 23.4. The highest BCUT2D eigenvalue weighted by atomic mass is 35.5. The van der Waals surface area contributed by atoms with Gasteiger partial charge in [-0.3, -0.25) is 9.88 Å². The summed E-state index contributed by atoms with van der Waals surface area (Å²) >= 11 is 16.0. The van der Waals surface area contributed by atoms with Crippen LogP contribution in [-0.4, -0.2) is 146 Å². The molecule has 4 bridgehead atoms. The van der Waals surface area contributed by atoms with Crippen molar-refractivity contribution in [3.05, 3.63) is 99.4 Å². The average molecular weight is 1010 g/mol. The number of hydrogen-bond acceptors (Lipinski definition) is 16. The first-order chi connectivity index (χ1) is 33.5. The lowest BCUT2D eigenvalue weighted by Gasteiger charge is -2.35. The number of carboxylic acid groups (broad SMARTS) is 1. The number of carbonyl (C=O) groups is 1. The van der Waals surface area contributed by atoms with Crippen LogP contribution in [0.1, 0.15) is 22.4 Å². The van der Waals surface area contributed by atoms with Gasteiger partial charge in [-0.1, -0.05) is 35.3 Å². The summed E-state index contributed by atoms with van der Waals surface area (Å²) in [5, 5.41) is 11.9. The van der Waals surface area contributed by atoms with Crippen molar-refractivity contribution in [2.75, 3.05) is 93.1 Å². The van der Waals surface area contributed by atoms with Crippen molar-refractivity contribution in [3.63, 3.8) is 0 Å². The van der Waals surface area contributed by atoms with Crippen molar-refractivity contribution in [3.8, 4) is 50.6 Å². The van der Waals surface area contributed by atoms with E-state index in [9.17, 15) is 14.3 Å². The van der Waals surface area contributed by atoms with Crippen LogP contribution in [0.15, 0.2) is 61.2 Å². The van der Waals surface area contributed by atoms with Crippen molar-refractivity contribution in [1.82, 2.24) is 29.7 Å². The number of carboxylic acids is 1. The van der Waals surface area contributed by atoms with Gasteiger partial charge < -0.3 is 47.9 Å². The summed E-state index contributed by atoms with van der Waals surface area (Å²) in [5.74, 6) is -0.262. The highest BCUT2D eigenvalue weighted by molar-refractivity contribution is 7.22. The Morgan fingerprint density at radius 1 is 0.899 bits per heavy atom. The van der Waals surface area contributed by atoms with Crippen molar-refractivity contribution in [2.45, 2.75) is 39.1 Å². The molecule has 1 N–H and O–H groups in total. The molecular weight excluding hydrogens is 955 g/mol. The third-order valence-corrected chi connectivity index (χ3v) is 13.7. The van der Waals surface area contributed by atoms with Crippen molar-refractivity contribution in [2.24, 2.45) is 0 Å². The topological polar surface area (TPSA) is 169 Å². The Kier molecular flexibility index (Phi) is 17.0. The Morgan fingerprint density at radius 2 is 1.62 bits per heavy atom. The Balaban J connectivity index is 1.15.